The molecule has 3 N–H and O–H groups in total. The first kappa shape index (κ1) is 13.4. The fourth-order valence-electron chi connectivity index (χ4n) is 1.77. The minimum atomic E-state index is -0.420. The zero-order chi connectivity index (χ0) is 13.8. The van der Waals surface area contributed by atoms with Crippen LogP contribution in [0.3, 0.4) is 0 Å². The van der Waals surface area contributed by atoms with E-state index in [1.165, 1.54) is 6.07 Å². The van der Waals surface area contributed by atoms with Gasteiger partial charge in [0.1, 0.15) is 10.8 Å². The Hall–Kier alpha value is -2.01. The van der Waals surface area contributed by atoms with Crippen LogP contribution in [0.5, 0.6) is 0 Å². The summed E-state index contributed by atoms with van der Waals surface area (Å²) in [6, 6.07) is 8.58. The maximum atomic E-state index is 13.7. The molecule has 1 atom stereocenters. The summed E-state index contributed by atoms with van der Waals surface area (Å²) in [6.45, 7) is 1.98. The molecule has 19 heavy (non-hydrogen) atoms. The second kappa shape index (κ2) is 5.75. The summed E-state index contributed by atoms with van der Waals surface area (Å²) in [5, 5.41) is 3.20. The zero-order valence-corrected chi connectivity index (χ0v) is 11.2. The smallest absolute Gasteiger partial charge is 0.135 e. The Bertz CT molecular complexity index is 586. The normalized spacial score (nSPS) is 11.9. The summed E-state index contributed by atoms with van der Waals surface area (Å²) in [7, 11) is 0. The van der Waals surface area contributed by atoms with Gasteiger partial charge in [0.2, 0.25) is 0 Å². The van der Waals surface area contributed by atoms with Crippen LogP contribution in [-0.2, 0) is 0 Å². The number of hydrogen-bond acceptors (Lipinski definition) is 3. The number of nitrogens with zero attached hydrogens (tertiary/aromatic N) is 1. The number of thiocarbonyl (C=S) groups is 1. The van der Waals surface area contributed by atoms with E-state index >= 15 is 0 Å². The van der Waals surface area contributed by atoms with E-state index in [1.54, 1.807) is 24.5 Å². The van der Waals surface area contributed by atoms with Crippen molar-refractivity contribution >= 4 is 22.9 Å². The van der Waals surface area contributed by atoms with Crippen molar-refractivity contribution in [3.8, 4) is 0 Å². The summed E-state index contributed by atoms with van der Waals surface area (Å²) in [6.07, 6.45) is 3.49. The Morgan fingerprint density at radius 3 is 2.79 bits per heavy atom. The topological polar surface area (TPSA) is 50.9 Å². The fraction of sp³-hybridized carbons (Fsp3) is 0.143. The van der Waals surface area contributed by atoms with Crippen molar-refractivity contribution in [2.45, 2.75) is 13.0 Å². The van der Waals surface area contributed by atoms with E-state index in [4.69, 9.17) is 18.0 Å². The molecule has 0 spiro atoms. The van der Waals surface area contributed by atoms with Gasteiger partial charge in [0.05, 0.1) is 6.04 Å². The van der Waals surface area contributed by atoms with Crippen LogP contribution in [0.1, 0.15) is 24.1 Å². The standard InChI is InChI=1S/C14H14FN3S/c1-9(10-3-2-6-17-8-10)18-11-4-5-12(14(16)19)13(15)7-11/h2-9,18H,1H3,(H2,16,19). The molecule has 1 unspecified atom stereocenters. The molecule has 0 aliphatic rings. The van der Waals surface area contributed by atoms with Gasteiger partial charge in [-0.2, -0.15) is 0 Å². The number of rotatable bonds is 4. The van der Waals surface area contributed by atoms with Crippen LogP contribution in [0.25, 0.3) is 0 Å². The first-order chi connectivity index (χ1) is 9.08. The second-order valence-corrected chi connectivity index (χ2v) is 4.65. The number of hydrogen-bond donors (Lipinski definition) is 2. The number of benzene rings is 1. The molecule has 2 rings (SSSR count). The van der Waals surface area contributed by atoms with Crippen LogP contribution in [0.2, 0.25) is 0 Å². The van der Waals surface area contributed by atoms with Gasteiger partial charge in [-0.1, -0.05) is 18.3 Å². The van der Waals surface area contributed by atoms with E-state index in [9.17, 15) is 4.39 Å². The SMILES string of the molecule is CC(Nc1ccc(C(N)=S)c(F)c1)c1cccnc1. The molecule has 0 fully saturated rings. The minimum Gasteiger partial charge on any atom is -0.389 e. The van der Waals surface area contributed by atoms with Gasteiger partial charge in [-0.25, -0.2) is 4.39 Å². The summed E-state index contributed by atoms with van der Waals surface area (Å²) >= 11 is 4.77. The van der Waals surface area contributed by atoms with Gasteiger partial charge in [-0.3, -0.25) is 4.98 Å². The fourth-order valence-corrected chi connectivity index (χ4v) is 1.94. The minimum absolute atomic E-state index is 0.0313. The van der Waals surface area contributed by atoms with Crippen molar-refractivity contribution in [2.24, 2.45) is 5.73 Å². The molecule has 0 radical (unpaired) electrons. The molecule has 1 heterocycles. The molecule has 3 nitrogen and oxygen atoms in total. The number of pyridine rings is 1. The van der Waals surface area contributed by atoms with Gasteiger partial charge >= 0.3 is 0 Å². The molecule has 0 amide bonds. The van der Waals surface area contributed by atoms with Crippen molar-refractivity contribution in [1.29, 1.82) is 0 Å². The highest BCUT2D eigenvalue weighted by Gasteiger charge is 2.09. The van der Waals surface area contributed by atoms with Gasteiger partial charge < -0.3 is 11.1 Å². The molecule has 0 aliphatic carbocycles. The first-order valence-electron chi connectivity index (χ1n) is 5.83. The summed E-state index contributed by atoms with van der Waals surface area (Å²) in [5.41, 5.74) is 7.38. The third-order valence-electron chi connectivity index (χ3n) is 2.80. The highest BCUT2D eigenvalue weighted by molar-refractivity contribution is 7.80. The van der Waals surface area contributed by atoms with Crippen molar-refractivity contribution in [3.05, 3.63) is 59.7 Å². The average Bonchev–Trinajstić information content (AvgIpc) is 2.39. The second-order valence-electron chi connectivity index (χ2n) is 4.21. The highest BCUT2D eigenvalue weighted by atomic mass is 32.1. The van der Waals surface area contributed by atoms with Gasteiger partial charge in [-0.05, 0) is 36.8 Å². The maximum Gasteiger partial charge on any atom is 0.135 e. The summed E-state index contributed by atoms with van der Waals surface area (Å²) in [4.78, 5) is 4.11. The molecule has 98 valence electrons. The van der Waals surface area contributed by atoms with E-state index in [1.807, 2.05) is 19.1 Å². The lowest BCUT2D eigenvalue weighted by Gasteiger charge is -2.15. The van der Waals surface area contributed by atoms with Crippen LogP contribution in [0.4, 0.5) is 10.1 Å². The van der Waals surface area contributed by atoms with Gasteiger partial charge in [-0.15, -0.1) is 0 Å². The van der Waals surface area contributed by atoms with Crippen molar-refractivity contribution in [3.63, 3.8) is 0 Å². The van der Waals surface area contributed by atoms with E-state index < -0.39 is 5.82 Å². The monoisotopic (exact) mass is 275 g/mol. The lowest BCUT2D eigenvalue weighted by molar-refractivity contribution is 0.625. The Morgan fingerprint density at radius 2 is 2.21 bits per heavy atom. The molecule has 1 aromatic carbocycles. The molecule has 0 saturated heterocycles. The number of nitrogens with two attached hydrogens (primary N) is 1. The van der Waals surface area contributed by atoms with Gasteiger partial charge in [0.15, 0.2) is 0 Å². The molecule has 1 aromatic heterocycles. The van der Waals surface area contributed by atoms with Crippen LogP contribution >= 0.6 is 12.2 Å². The molecule has 2 aromatic rings. The van der Waals surface area contributed by atoms with Gasteiger partial charge in [0, 0.05) is 23.6 Å². The van der Waals surface area contributed by atoms with Crippen LogP contribution in [-0.4, -0.2) is 9.97 Å². The Labute approximate surface area is 116 Å². The number of halogens is 1. The summed E-state index contributed by atoms with van der Waals surface area (Å²) in [5.74, 6) is -0.420. The predicted octanol–water partition coefficient (Wildman–Crippen LogP) is 3.03. The summed E-state index contributed by atoms with van der Waals surface area (Å²) < 4.78 is 13.7. The molecule has 0 bridgehead atoms. The van der Waals surface area contributed by atoms with Crippen molar-refractivity contribution < 1.29 is 4.39 Å². The lowest BCUT2D eigenvalue weighted by Crippen LogP contribution is -2.12. The molecule has 0 saturated carbocycles. The van der Waals surface area contributed by atoms with Gasteiger partial charge in [0.25, 0.3) is 0 Å². The lowest BCUT2D eigenvalue weighted by atomic mass is 10.1. The Morgan fingerprint density at radius 1 is 1.42 bits per heavy atom. The third kappa shape index (κ3) is 3.26. The quantitative estimate of drug-likeness (QED) is 0.842. The Balaban J connectivity index is 2.16. The predicted molar refractivity (Wildman–Crippen MR) is 78.6 cm³/mol. The average molecular weight is 275 g/mol. The van der Waals surface area contributed by atoms with Crippen LogP contribution in [0.15, 0.2) is 42.7 Å². The zero-order valence-electron chi connectivity index (χ0n) is 10.4. The largest absolute Gasteiger partial charge is 0.389 e. The highest BCUT2D eigenvalue weighted by Crippen LogP contribution is 2.20. The third-order valence-corrected chi connectivity index (χ3v) is 3.02. The van der Waals surface area contributed by atoms with E-state index in [-0.39, 0.29) is 16.6 Å². The number of nitrogens with one attached hydrogen (secondary N) is 1. The van der Waals surface area contributed by atoms with Crippen molar-refractivity contribution in [1.82, 2.24) is 4.98 Å². The van der Waals surface area contributed by atoms with E-state index in [0.29, 0.717) is 5.69 Å². The van der Waals surface area contributed by atoms with Crippen LogP contribution < -0.4 is 11.1 Å². The number of aromatic nitrogens is 1. The van der Waals surface area contributed by atoms with E-state index in [0.717, 1.165) is 5.56 Å². The van der Waals surface area contributed by atoms with Crippen LogP contribution in [0, 0.1) is 5.82 Å². The maximum absolute atomic E-state index is 13.7. The molecule has 5 heteroatoms. The number of anilines is 1. The Kier molecular flexibility index (Phi) is 4.06. The molecular formula is C14H14FN3S. The van der Waals surface area contributed by atoms with E-state index in [2.05, 4.69) is 10.3 Å². The first-order valence-corrected chi connectivity index (χ1v) is 6.24. The molecule has 0 aliphatic heterocycles. The van der Waals surface area contributed by atoms with Crippen molar-refractivity contribution in [2.75, 3.05) is 5.32 Å². The molecular weight excluding hydrogens is 261 g/mol.